The fourth-order valence-electron chi connectivity index (χ4n) is 3.24. The summed E-state index contributed by atoms with van der Waals surface area (Å²) >= 11 is 0. The lowest BCUT2D eigenvalue weighted by Crippen LogP contribution is -2.30. The molecule has 0 N–H and O–H groups in total. The molecule has 0 spiro atoms. The largest absolute Gasteiger partial charge is 0.497 e. The normalized spacial score (nSPS) is 16.3. The molecule has 1 unspecified atom stereocenters. The minimum Gasteiger partial charge on any atom is -0.497 e. The Kier molecular flexibility index (Phi) is 4.70. The van der Waals surface area contributed by atoms with Gasteiger partial charge in [0.15, 0.2) is 0 Å². The van der Waals surface area contributed by atoms with Gasteiger partial charge in [-0.05, 0) is 29.3 Å². The molecule has 4 rings (SSSR count). The number of carbonyl (C=O) groups excluding carboxylic acids is 1. The summed E-state index contributed by atoms with van der Waals surface area (Å²) in [6, 6.07) is 19.4. The van der Waals surface area contributed by atoms with Crippen LogP contribution in [-0.4, -0.2) is 33.5 Å². The standard InChI is InChI=1S/C21H20N4O2/c1-27-18-10-8-17(9-11-18)20-14-19(16-6-3-2-4-7-16)23-25(20)21(26)15-24-13-5-12-22-24/h2-13,20H,14-15H2,1H3. The van der Waals surface area contributed by atoms with Crippen LogP contribution < -0.4 is 4.74 Å². The van der Waals surface area contributed by atoms with Gasteiger partial charge in [0, 0.05) is 18.8 Å². The maximum absolute atomic E-state index is 12.9. The second kappa shape index (κ2) is 7.45. The quantitative estimate of drug-likeness (QED) is 0.702. The van der Waals surface area contributed by atoms with Crippen molar-refractivity contribution >= 4 is 11.6 Å². The third kappa shape index (κ3) is 3.60. The number of benzene rings is 2. The van der Waals surface area contributed by atoms with E-state index in [0.717, 1.165) is 22.6 Å². The molecule has 3 aromatic rings. The van der Waals surface area contributed by atoms with Crippen LogP contribution in [0, 0.1) is 0 Å². The minimum atomic E-state index is -0.144. The molecule has 1 aliphatic heterocycles. The van der Waals surface area contributed by atoms with Crippen molar-refractivity contribution in [3.05, 3.63) is 84.2 Å². The monoisotopic (exact) mass is 360 g/mol. The van der Waals surface area contributed by atoms with Gasteiger partial charge >= 0.3 is 0 Å². The predicted octanol–water partition coefficient (Wildman–Crippen LogP) is 3.27. The van der Waals surface area contributed by atoms with Crippen molar-refractivity contribution in [2.45, 2.75) is 19.0 Å². The fraction of sp³-hybridized carbons (Fsp3) is 0.190. The number of nitrogens with zero attached hydrogens (tertiary/aromatic N) is 4. The Bertz CT molecular complexity index is 934. The van der Waals surface area contributed by atoms with E-state index in [0.29, 0.717) is 6.42 Å². The van der Waals surface area contributed by atoms with Crippen LogP contribution in [0.5, 0.6) is 5.75 Å². The van der Waals surface area contributed by atoms with Crippen molar-refractivity contribution in [3.63, 3.8) is 0 Å². The van der Waals surface area contributed by atoms with Crippen molar-refractivity contribution in [3.8, 4) is 5.75 Å². The third-order valence-electron chi connectivity index (χ3n) is 4.63. The summed E-state index contributed by atoms with van der Waals surface area (Å²) in [7, 11) is 1.64. The zero-order valence-electron chi connectivity index (χ0n) is 15.0. The highest BCUT2D eigenvalue weighted by Gasteiger charge is 2.33. The molecule has 2 aromatic carbocycles. The first kappa shape index (κ1) is 17.0. The van der Waals surface area contributed by atoms with Gasteiger partial charge in [0.2, 0.25) is 0 Å². The zero-order chi connectivity index (χ0) is 18.6. The van der Waals surface area contributed by atoms with Crippen LogP contribution in [0.25, 0.3) is 0 Å². The van der Waals surface area contributed by atoms with E-state index >= 15 is 0 Å². The molecular weight excluding hydrogens is 340 g/mol. The van der Waals surface area contributed by atoms with Crippen molar-refractivity contribution in [2.75, 3.05) is 7.11 Å². The number of ether oxygens (including phenoxy) is 1. The van der Waals surface area contributed by atoms with Gasteiger partial charge in [-0.3, -0.25) is 9.48 Å². The predicted molar refractivity (Wildman–Crippen MR) is 102 cm³/mol. The average molecular weight is 360 g/mol. The molecule has 1 atom stereocenters. The molecule has 0 aliphatic carbocycles. The van der Waals surface area contributed by atoms with Crippen molar-refractivity contribution in [1.29, 1.82) is 0 Å². The summed E-state index contributed by atoms with van der Waals surface area (Å²) in [6.45, 7) is 0.158. The highest BCUT2D eigenvalue weighted by atomic mass is 16.5. The SMILES string of the molecule is COc1ccc(C2CC(c3ccccc3)=NN2C(=O)Cn2cccn2)cc1. The second-order valence-electron chi connectivity index (χ2n) is 6.35. The highest BCUT2D eigenvalue weighted by Crippen LogP contribution is 2.33. The third-order valence-corrected chi connectivity index (χ3v) is 4.63. The Morgan fingerprint density at radius 3 is 2.56 bits per heavy atom. The fourth-order valence-corrected chi connectivity index (χ4v) is 3.24. The van der Waals surface area contributed by atoms with Crippen LogP contribution >= 0.6 is 0 Å². The van der Waals surface area contributed by atoms with E-state index in [1.165, 1.54) is 0 Å². The minimum absolute atomic E-state index is 0.0922. The average Bonchev–Trinajstić information content (AvgIpc) is 3.39. The molecule has 6 heteroatoms. The van der Waals surface area contributed by atoms with Gasteiger partial charge in [-0.2, -0.15) is 10.2 Å². The molecule has 0 fully saturated rings. The van der Waals surface area contributed by atoms with Crippen LogP contribution in [0.4, 0.5) is 0 Å². The molecule has 0 bridgehead atoms. The van der Waals surface area contributed by atoms with Crippen LogP contribution in [0.3, 0.4) is 0 Å². The Morgan fingerprint density at radius 1 is 1.11 bits per heavy atom. The molecule has 0 saturated carbocycles. The number of aromatic nitrogens is 2. The first-order chi connectivity index (χ1) is 13.2. The Labute approximate surface area is 157 Å². The number of hydrogen-bond acceptors (Lipinski definition) is 4. The smallest absolute Gasteiger partial charge is 0.264 e. The summed E-state index contributed by atoms with van der Waals surface area (Å²) < 4.78 is 6.86. The first-order valence-electron chi connectivity index (χ1n) is 8.81. The maximum atomic E-state index is 12.9. The van der Waals surface area contributed by atoms with E-state index < -0.39 is 0 Å². The molecule has 1 aromatic heterocycles. The molecule has 136 valence electrons. The van der Waals surface area contributed by atoms with Crippen LogP contribution in [0.1, 0.15) is 23.6 Å². The molecular formula is C21H20N4O2. The van der Waals surface area contributed by atoms with Crippen molar-refractivity contribution < 1.29 is 9.53 Å². The second-order valence-corrected chi connectivity index (χ2v) is 6.35. The van der Waals surface area contributed by atoms with Gasteiger partial charge in [-0.15, -0.1) is 0 Å². The molecule has 0 radical (unpaired) electrons. The van der Waals surface area contributed by atoms with Crippen molar-refractivity contribution in [2.24, 2.45) is 5.10 Å². The number of rotatable bonds is 5. The summed E-state index contributed by atoms with van der Waals surface area (Å²) in [5, 5.41) is 10.4. The van der Waals surface area contributed by atoms with Crippen LogP contribution in [0.2, 0.25) is 0 Å². The van der Waals surface area contributed by atoms with E-state index in [-0.39, 0.29) is 18.5 Å². The van der Waals surface area contributed by atoms with Crippen LogP contribution in [0.15, 0.2) is 78.2 Å². The number of hydrazone groups is 1. The van der Waals surface area contributed by atoms with E-state index in [1.807, 2.05) is 54.6 Å². The lowest BCUT2D eigenvalue weighted by molar-refractivity contribution is -0.133. The summed E-state index contributed by atoms with van der Waals surface area (Å²) in [6.07, 6.45) is 4.11. The van der Waals surface area contributed by atoms with E-state index in [1.54, 1.807) is 35.3 Å². The maximum Gasteiger partial charge on any atom is 0.264 e. The highest BCUT2D eigenvalue weighted by molar-refractivity contribution is 6.03. The Morgan fingerprint density at radius 2 is 1.89 bits per heavy atom. The van der Waals surface area contributed by atoms with Gasteiger partial charge in [0.05, 0.1) is 18.9 Å². The van der Waals surface area contributed by atoms with E-state index in [4.69, 9.17) is 4.74 Å². The van der Waals surface area contributed by atoms with Crippen molar-refractivity contribution in [1.82, 2.24) is 14.8 Å². The Hall–Kier alpha value is -3.41. The molecule has 27 heavy (non-hydrogen) atoms. The van der Waals surface area contributed by atoms with Gasteiger partial charge in [0.1, 0.15) is 12.3 Å². The zero-order valence-corrected chi connectivity index (χ0v) is 15.0. The van der Waals surface area contributed by atoms with Gasteiger partial charge in [0.25, 0.3) is 5.91 Å². The van der Waals surface area contributed by atoms with Gasteiger partial charge in [-0.1, -0.05) is 42.5 Å². The van der Waals surface area contributed by atoms with E-state index in [2.05, 4.69) is 10.2 Å². The molecule has 2 heterocycles. The number of methoxy groups -OCH3 is 1. The molecule has 1 aliphatic rings. The Balaban J connectivity index is 1.64. The van der Waals surface area contributed by atoms with Crippen LogP contribution in [-0.2, 0) is 11.3 Å². The number of carbonyl (C=O) groups is 1. The number of hydrogen-bond donors (Lipinski definition) is 0. The summed E-state index contributed by atoms with van der Waals surface area (Å²) in [4.78, 5) is 12.9. The van der Waals surface area contributed by atoms with E-state index in [9.17, 15) is 4.79 Å². The number of amides is 1. The first-order valence-corrected chi connectivity index (χ1v) is 8.81. The van der Waals surface area contributed by atoms with Gasteiger partial charge < -0.3 is 4.74 Å². The lowest BCUT2D eigenvalue weighted by Gasteiger charge is -2.22. The van der Waals surface area contributed by atoms with Gasteiger partial charge in [-0.25, -0.2) is 5.01 Å². The lowest BCUT2D eigenvalue weighted by atomic mass is 9.98. The molecule has 0 saturated heterocycles. The summed E-state index contributed by atoms with van der Waals surface area (Å²) in [5.41, 5.74) is 2.97. The topological polar surface area (TPSA) is 59.7 Å². The summed E-state index contributed by atoms with van der Waals surface area (Å²) in [5.74, 6) is 0.695. The molecule has 1 amide bonds. The molecule has 6 nitrogen and oxygen atoms in total.